The minimum absolute atomic E-state index is 0.0125. The molecule has 1 heterocycles. The van der Waals surface area contributed by atoms with Gasteiger partial charge >= 0.3 is 0 Å². The molecule has 0 amide bonds. The monoisotopic (exact) mass is 230 g/mol. The Morgan fingerprint density at radius 3 is 3.00 bits per heavy atom. The predicted molar refractivity (Wildman–Crippen MR) is 56.7 cm³/mol. The van der Waals surface area contributed by atoms with Gasteiger partial charge in [0.15, 0.2) is 0 Å². The van der Waals surface area contributed by atoms with E-state index in [0.717, 1.165) is 5.69 Å². The number of ether oxygens (including phenoxy) is 1. The van der Waals surface area contributed by atoms with Crippen molar-refractivity contribution in [3.8, 4) is 0 Å². The van der Waals surface area contributed by atoms with E-state index in [-0.39, 0.29) is 19.3 Å². The van der Waals surface area contributed by atoms with Gasteiger partial charge in [0, 0.05) is 19.9 Å². The van der Waals surface area contributed by atoms with Crippen LogP contribution in [0.3, 0.4) is 0 Å². The average Bonchev–Trinajstić information content (AvgIpc) is 2.72. The molecule has 0 fully saturated rings. The van der Waals surface area contributed by atoms with Gasteiger partial charge in [-0.15, -0.1) is 5.10 Å². The van der Waals surface area contributed by atoms with E-state index < -0.39 is 0 Å². The molecule has 0 saturated carbocycles. The zero-order valence-electron chi connectivity index (χ0n) is 9.33. The second kappa shape index (κ2) is 7.29. The van der Waals surface area contributed by atoms with Crippen molar-refractivity contribution in [1.82, 2.24) is 20.3 Å². The van der Waals surface area contributed by atoms with Crippen molar-refractivity contribution in [1.29, 1.82) is 0 Å². The Bertz CT molecular complexity index is 292. The van der Waals surface area contributed by atoms with Gasteiger partial charge in [0.1, 0.15) is 0 Å². The molecule has 0 aliphatic rings. The lowest BCUT2D eigenvalue weighted by Crippen LogP contribution is -2.36. The number of rotatable bonds is 8. The molecule has 3 N–H and O–H groups in total. The number of aliphatic hydroxyl groups excluding tert-OH is 2. The SMILES string of the molecule is COCC(CO)NCc1cn(CCO)nn1. The predicted octanol–water partition coefficient (Wildman–Crippen LogP) is -1.63. The summed E-state index contributed by atoms with van der Waals surface area (Å²) in [6, 6.07) is -0.104. The summed E-state index contributed by atoms with van der Waals surface area (Å²) in [4.78, 5) is 0. The largest absolute Gasteiger partial charge is 0.395 e. The van der Waals surface area contributed by atoms with Crippen LogP contribution in [0, 0.1) is 0 Å². The number of methoxy groups -OCH3 is 1. The molecular formula is C9H18N4O3. The second-order valence-corrected chi connectivity index (χ2v) is 3.41. The Morgan fingerprint density at radius 2 is 2.38 bits per heavy atom. The van der Waals surface area contributed by atoms with Gasteiger partial charge in [0.05, 0.1) is 38.1 Å². The quantitative estimate of drug-likeness (QED) is 0.496. The third-order valence-corrected chi connectivity index (χ3v) is 2.08. The smallest absolute Gasteiger partial charge is 0.0964 e. The van der Waals surface area contributed by atoms with Gasteiger partial charge in [0.2, 0.25) is 0 Å². The van der Waals surface area contributed by atoms with E-state index in [1.54, 1.807) is 18.0 Å². The number of hydrogen-bond acceptors (Lipinski definition) is 6. The Morgan fingerprint density at radius 1 is 1.56 bits per heavy atom. The molecule has 1 aromatic rings. The fourth-order valence-corrected chi connectivity index (χ4v) is 1.26. The highest BCUT2D eigenvalue weighted by Crippen LogP contribution is 1.94. The first-order chi connectivity index (χ1) is 7.80. The highest BCUT2D eigenvalue weighted by Gasteiger charge is 2.07. The van der Waals surface area contributed by atoms with E-state index in [0.29, 0.717) is 19.7 Å². The van der Waals surface area contributed by atoms with Crippen molar-refractivity contribution in [2.24, 2.45) is 0 Å². The van der Waals surface area contributed by atoms with Crippen LogP contribution in [0.15, 0.2) is 6.20 Å². The molecule has 7 heteroatoms. The Labute approximate surface area is 94.0 Å². The summed E-state index contributed by atoms with van der Waals surface area (Å²) in [7, 11) is 1.59. The van der Waals surface area contributed by atoms with Gasteiger partial charge < -0.3 is 20.3 Å². The Kier molecular flexibility index (Phi) is 5.94. The fourth-order valence-electron chi connectivity index (χ4n) is 1.26. The highest BCUT2D eigenvalue weighted by molar-refractivity contribution is 4.92. The van der Waals surface area contributed by atoms with E-state index in [1.807, 2.05) is 0 Å². The maximum Gasteiger partial charge on any atom is 0.0964 e. The molecule has 1 unspecified atom stereocenters. The molecule has 0 aliphatic heterocycles. The third-order valence-electron chi connectivity index (χ3n) is 2.08. The number of nitrogens with zero attached hydrogens (tertiary/aromatic N) is 3. The third kappa shape index (κ3) is 4.23. The lowest BCUT2D eigenvalue weighted by atomic mass is 10.3. The summed E-state index contributed by atoms with van der Waals surface area (Å²) < 4.78 is 6.50. The maximum atomic E-state index is 9.01. The van der Waals surface area contributed by atoms with Crippen LogP contribution in [0.25, 0.3) is 0 Å². The Balaban J connectivity index is 2.34. The van der Waals surface area contributed by atoms with Crippen LogP contribution < -0.4 is 5.32 Å². The standard InChI is InChI=1S/C9H18N4O3/c1-16-7-9(6-15)10-4-8-5-13(2-3-14)12-11-8/h5,9-10,14-15H,2-4,6-7H2,1H3. The van der Waals surface area contributed by atoms with Crippen molar-refractivity contribution in [3.63, 3.8) is 0 Å². The molecular weight excluding hydrogens is 212 g/mol. The molecule has 0 spiro atoms. The summed E-state index contributed by atoms with van der Waals surface area (Å²) in [5, 5.41) is 28.5. The van der Waals surface area contributed by atoms with Gasteiger partial charge in [-0.05, 0) is 0 Å². The molecule has 0 aliphatic carbocycles. The number of aromatic nitrogens is 3. The van der Waals surface area contributed by atoms with E-state index in [1.165, 1.54) is 0 Å². The zero-order valence-corrected chi connectivity index (χ0v) is 9.33. The number of aliphatic hydroxyl groups is 2. The van der Waals surface area contributed by atoms with Gasteiger partial charge in [-0.25, -0.2) is 4.68 Å². The molecule has 0 bridgehead atoms. The Hall–Kier alpha value is -1.02. The first kappa shape index (κ1) is 13.0. The van der Waals surface area contributed by atoms with Gasteiger partial charge in [0.25, 0.3) is 0 Å². The van der Waals surface area contributed by atoms with Crippen LogP contribution in [0.5, 0.6) is 0 Å². The maximum absolute atomic E-state index is 9.01. The van der Waals surface area contributed by atoms with E-state index in [9.17, 15) is 0 Å². The number of nitrogens with one attached hydrogen (secondary N) is 1. The van der Waals surface area contributed by atoms with Gasteiger partial charge in [-0.3, -0.25) is 0 Å². The summed E-state index contributed by atoms with van der Waals surface area (Å²) >= 11 is 0. The molecule has 1 aromatic heterocycles. The van der Waals surface area contributed by atoms with Crippen LogP contribution >= 0.6 is 0 Å². The normalized spacial score (nSPS) is 12.9. The van der Waals surface area contributed by atoms with Crippen LogP contribution in [0.1, 0.15) is 5.69 Å². The van der Waals surface area contributed by atoms with Crippen molar-refractivity contribution in [2.45, 2.75) is 19.1 Å². The molecule has 0 aromatic carbocycles. The highest BCUT2D eigenvalue weighted by atomic mass is 16.5. The van der Waals surface area contributed by atoms with Crippen LogP contribution in [-0.2, 0) is 17.8 Å². The summed E-state index contributed by atoms with van der Waals surface area (Å²) in [6.07, 6.45) is 1.75. The van der Waals surface area contributed by atoms with E-state index in [4.69, 9.17) is 14.9 Å². The fraction of sp³-hybridized carbons (Fsp3) is 0.778. The van der Waals surface area contributed by atoms with E-state index >= 15 is 0 Å². The zero-order chi connectivity index (χ0) is 11.8. The lowest BCUT2D eigenvalue weighted by Gasteiger charge is -2.13. The topological polar surface area (TPSA) is 92.4 Å². The molecule has 0 saturated heterocycles. The van der Waals surface area contributed by atoms with Crippen LogP contribution in [0.4, 0.5) is 0 Å². The summed E-state index contributed by atoms with van der Waals surface area (Å²) in [5.74, 6) is 0. The molecule has 7 nitrogen and oxygen atoms in total. The molecule has 0 radical (unpaired) electrons. The van der Waals surface area contributed by atoms with Crippen molar-refractivity contribution in [2.75, 3.05) is 26.9 Å². The lowest BCUT2D eigenvalue weighted by molar-refractivity contribution is 0.128. The van der Waals surface area contributed by atoms with Crippen molar-refractivity contribution < 1.29 is 14.9 Å². The van der Waals surface area contributed by atoms with Crippen molar-refractivity contribution in [3.05, 3.63) is 11.9 Å². The molecule has 1 atom stereocenters. The molecule has 1 rings (SSSR count). The van der Waals surface area contributed by atoms with Crippen molar-refractivity contribution >= 4 is 0 Å². The molecule has 16 heavy (non-hydrogen) atoms. The van der Waals surface area contributed by atoms with E-state index in [2.05, 4.69) is 15.6 Å². The minimum Gasteiger partial charge on any atom is -0.395 e. The van der Waals surface area contributed by atoms with Crippen LogP contribution in [-0.4, -0.2) is 58.2 Å². The molecule has 92 valence electrons. The first-order valence-corrected chi connectivity index (χ1v) is 5.13. The minimum atomic E-state index is -0.104. The first-order valence-electron chi connectivity index (χ1n) is 5.13. The average molecular weight is 230 g/mol. The second-order valence-electron chi connectivity index (χ2n) is 3.41. The summed E-state index contributed by atoms with van der Waals surface area (Å²) in [6.45, 7) is 1.45. The van der Waals surface area contributed by atoms with Gasteiger partial charge in [-0.1, -0.05) is 5.21 Å². The summed E-state index contributed by atoms with van der Waals surface area (Å²) in [5.41, 5.74) is 0.767. The van der Waals surface area contributed by atoms with Gasteiger partial charge in [-0.2, -0.15) is 0 Å². The number of hydrogen-bond donors (Lipinski definition) is 3. The van der Waals surface area contributed by atoms with Crippen LogP contribution in [0.2, 0.25) is 0 Å².